The molecule has 4 N–H and O–H groups in total. The molecule has 0 fully saturated rings. The third-order valence-corrected chi connectivity index (χ3v) is 4.13. The number of nitrogens with two attached hydrogens (primary N) is 1. The Hall–Kier alpha value is -2.06. The first-order chi connectivity index (χ1) is 12.8. The Morgan fingerprint density at radius 1 is 1.04 bits per heavy atom. The summed E-state index contributed by atoms with van der Waals surface area (Å²) in [6, 6.07) is 5.16. The molecule has 0 saturated carbocycles. The smallest absolute Gasteiger partial charge is 0.247 e. The van der Waals surface area contributed by atoms with Crippen LogP contribution in [0.25, 0.3) is 0 Å². The molecule has 0 aliphatic carbocycles. The molecule has 0 unspecified atom stereocenters. The van der Waals surface area contributed by atoms with Crippen LogP contribution in [-0.4, -0.2) is 44.3 Å². The molecular weight excluding hydrogens is 390 g/mol. The number of hydrogen-bond acceptors (Lipinski definition) is 4. The summed E-state index contributed by atoms with van der Waals surface area (Å²) in [6.45, 7) is 0.800. The minimum absolute atomic E-state index is 0.00184. The standard InChI is InChI=1S/C17H21BCl2N4O3/c18-14(25)5-6-16(26)23-8-1-2-17(27)24-15(21)7-9-22-11-3-4-12(19)13(20)10-11/h3-4,10,22H,1-2,5-9H2,(H,23,26)(H2,21,24,27). The van der Waals surface area contributed by atoms with E-state index in [0.717, 1.165) is 5.69 Å². The van der Waals surface area contributed by atoms with Gasteiger partial charge in [-0.25, -0.2) is 4.99 Å². The average Bonchev–Trinajstić information content (AvgIpc) is 2.60. The van der Waals surface area contributed by atoms with E-state index in [4.69, 9.17) is 36.8 Å². The van der Waals surface area contributed by atoms with Gasteiger partial charge in [0, 0.05) is 44.5 Å². The summed E-state index contributed by atoms with van der Waals surface area (Å²) in [7, 11) is 4.96. The van der Waals surface area contributed by atoms with E-state index in [9.17, 15) is 14.4 Å². The lowest BCUT2D eigenvalue weighted by atomic mass is 9.98. The van der Waals surface area contributed by atoms with E-state index in [1.54, 1.807) is 18.2 Å². The molecule has 0 atom stereocenters. The van der Waals surface area contributed by atoms with E-state index in [-0.39, 0.29) is 36.9 Å². The summed E-state index contributed by atoms with van der Waals surface area (Å²) in [5, 5.41) is 6.62. The van der Waals surface area contributed by atoms with Gasteiger partial charge in [-0.05, 0) is 24.6 Å². The summed E-state index contributed by atoms with van der Waals surface area (Å²) in [6.07, 6.45) is 1.02. The number of benzene rings is 1. The largest absolute Gasteiger partial charge is 0.387 e. The van der Waals surface area contributed by atoms with Gasteiger partial charge >= 0.3 is 0 Å². The molecule has 1 rings (SSSR count). The van der Waals surface area contributed by atoms with E-state index in [1.165, 1.54) is 0 Å². The molecular formula is C17H21BCl2N4O3. The van der Waals surface area contributed by atoms with Crippen LogP contribution in [0.1, 0.15) is 32.1 Å². The second-order valence-electron chi connectivity index (χ2n) is 5.72. The molecule has 7 nitrogen and oxygen atoms in total. The SMILES string of the molecule is [B]C(=O)CCC(=O)NCCCC(=O)N=C(N)CCNc1ccc(Cl)c(Cl)c1. The van der Waals surface area contributed by atoms with Gasteiger partial charge in [0.1, 0.15) is 5.84 Å². The second kappa shape index (κ2) is 12.4. The highest BCUT2D eigenvalue weighted by molar-refractivity contribution is 6.57. The predicted molar refractivity (Wildman–Crippen MR) is 108 cm³/mol. The maximum atomic E-state index is 11.7. The van der Waals surface area contributed by atoms with Crippen molar-refractivity contribution in [3.8, 4) is 0 Å². The number of carbonyl (C=O) groups excluding carboxylic acids is 3. The van der Waals surface area contributed by atoms with Crippen molar-refractivity contribution in [3.63, 3.8) is 0 Å². The van der Waals surface area contributed by atoms with Gasteiger partial charge in [0.25, 0.3) is 0 Å². The summed E-state index contributed by atoms with van der Waals surface area (Å²) >= 11 is 11.8. The first-order valence-electron chi connectivity index (χ1n) is 8.37. The Morgan fingerprint density at radius 3 is 2.44 bits per heavy atom. The number of aliphatic imine (C=N–C) groups is 1. The van der Waals surface area contributed by atoms with Crippen molar-refractivity contribution < 1.29 is 14.4 Å². The fourth-order valence-electron chi connectivity index (χ4n) is 2.01. The zero-order chi connectivity index (χ0) is 20.2. The van der Waals surface area contributed by atoms with Gasteiger partial charge in [-0.2, -0.15) is 0 Å². The third kappa shape index (κ3) is 10.6. The average molecular weight is 411 g/mol. The van der Waals surface area contributed by atoms with Crippen LogP contribution in [0.5, 0.6) is 0 Å². The van der Waals surface area contributed by atoms with Crippen LogP contribution >= 0.6 is 23.2 Å². The zero-order valence-electron chi connectivity index (χ0n) is 14.8. The lowest BCUT2D eigenvalue weighted by molar-refractivity contribution is -0.123. The highest BCUT2D eigenvalue weighted by Crippen LogP contribution is 2.24. The number of carbonyl (C=O) groups is 3. The van der Waals surface area contributed by atoms with Crippen molar-refractivity contribution in [2.24, 2.45) is 10.7 Å². The quantitative estimate of drug-likeness (QED) is 0.223. The maximum absolute atomic E-state index is 11.7. The lowest BCUT2D eigenvalue weighted by Gasteiger charge is -2.07. The first kappa shape index (κ1) is 23.0. The van der Waals surface area contributed by atoms with Crippen LogP contribution in [0, 0.1) is 0 Å². The molecule has 10 heteroatoms. The molecule has 0 spiro atoms. The monoisotopic (exact) mass is 410 g/mol. The molecule has 0 saturated heterocycles. The molecule has 0 aromatic heterocycles. The van der Waals surface area contributed by atoms with Crippen molar-refractivity contribution >= 4 is 60.1 Å². The maximum Gasteiger partial charge on any atom is 0.247 e. The van der Waals surface area contributed by atoms with Gasteiger partial charge in [-0.1, -0.05) is 23.2 Å². The Labute approximate surface area is 169 Å². The van der Waals surface area contributed by atoms with Gasteiger partial charge in [0.05, 0.1) is 15.7 Å². The number of halogens is 2. The summed E-state index contributed by atoms with van der Waals surface area (Å²) in [4.78, 5) is 37.5. The Morgan fingerprint density at radius 2 is 1.78 bits per heavy atom. The van der Waals surface area contributed by atoms with Gasteiger partial charge in [-0.3, -0.25) is 9.59 Å². The van der Waals surface area contributed by atoms with Crippen LogP contribution in [0.2, 0.25) is 10.0 Å². The van der Waals surface area contributed by atoms with Crippen LogP contribution in [0.3, 0.4) is 0 Å². The number of anilines is 1. The fourth-order valence-corrected chi connectivity index (χ4v) is 2.30. The van der Waals surface area contributed by atoms with Crippen LogP contribution in [0.4, 0.5) is 5.69 Å². The Balaban J connectivity index is 2.21. The second-order valence-corrected chi connectivity index (χ2v) is 6.54. The highest BCUT2D eigenvalue weighted by atomic mass is 35.5. The predicted octanol–water partition coefficient (Wildman–Crippen LogP) is 2.05. The molecule has 1 aromatic carbocycles. The molecule has 27 heavy (non-hydrogen) atoms. The van der Waals surface area contributed by atoms with Crippen LogP contribution < -0.4 is 16.4 Å². The first-order valence-corrected chi connectivity index (χ1v) is 9.13. The van der Waals surface area contributed by atoms with Gasteiger partial charge in [-0.15, -0.1) is 0 Å². The third-order valence-electron chi connectivity index (χ3n) is 3.39. The van der Waals surface area contributed by atoms with Crippen molar-refractivity contribution in [2.75, 3.05) is 18.4 Å². The van der Waals surface area contributed by atoms with E-state index >= 15 is 0 Å². The summed E-state index contributed by atoms with van der Waals surface area (Å²) in [5.41, 5.74) is 6.00. The number of amides is 2. The molecule has 2 amide bonds. The molecule has 144 valence electrons. The van der Waals surface area contributed by atoms with Gasteiger partial charge in [0.2, 0.25) is 11.8 Å². The van der Waals surface area contributed by atoms with E-state index in [0.29, 0.717) is 36.0 Å². The van der Waals surface area contributed by atoms with E-state index in [1.807, 2.05) is 0 Å². The van der Waals surface area contributed by atoms with Crippen molar-refractivity contribution in [2.45, 2.75) is 32.1 Å². The van der Waals surface area contributed by atoms with Crippen LogP contribution in [-0.2, 0) is 14.4 Å². The fraction of sp³-hybridized carbons (Fsp3) is 0.412. The minimum atomic E-state index is -0.529. The molecule has 1 aromatic rings. The molecule has 0 aliphatic rings. The number of amidine groups is 1. The van der Waals surface area contributed by atoms with Crippen LogP contribution in [0.15, 0.2) is 23.2 Å². The van der Waals surface area contributed by atoms with E-state index in [2.05, 4.69) is 15.6 Å². The number of hydrogen-bond donors (Lipinski definition) is 3. The van der Waals surface area contributed by atoms with E-state index < -0.39 is 5.68 Å². The van der Waals surface area contributed by atoms with Crippen molar-refractivity contribution in [1.82, 2.24) is 5.32 Å². The van der Waals surface area contributed by atoms with Gasteiger partial charge < -0.3 is 21.2 Å². The Kier molecular flexibility index (Phi) is 10.5. The summed E-state index contributed by atoms with van der Waals surface area (Å²) in [5.74, 6) is -0.413. The zero-order valence-corrected chi connectivity index (χ0v) is 16.3. The normalized spacial score (nSPS) is 11.1. The van der Waals surface area contributed by atoms with Crippen molar-refractivity contribution in [3.05, 3.63) is 28.2 Å². The molecule has 0 bridgehead atoms. The highest BCUT2D eigenvalue weighted by Gasteiger charge is 2.05. The number of nitrogens with one attached hydrogen (secondary N) is 2. The number of nitrogens with zero attached hydrogens (tertiary/aromatic N) is 1. The molecule has 2 radical (unpaired) electrons. The van der Waals surface area contributed by atoms with Gasteiger partial charge in [0.15, 0.2) is 7.85 Å². The minimum Gasteiger partial charge on any atom is -0.387 e. The Bertz CT molecular complexity index is 713. The molecule has 0 heterocycles. The van der Waals surface area contributed by atoms with Crippen molar-refractivity contribution in [1.29, 1.82) is 0 Å². The number of rotatable bonds is 11. The molecule has 0 aliphatic heterocycles. The summed E-state index contributed by atoms with van der Waals surface area (Å²) < 4.78 is 0. The topological polar surface area (TPSA) is 114 Å². The lowest BCUT2D eigenvalue weighted by Crippen LogP contribution is -2.25.